The van der Waals surface area contributed by atoms with Gasteiger partial charge >= 0.3 is 12.0 Å². The highest BCUT2D eigenvalue weighted by molar-refractivity contribution is 5.82. The van der Waals surface area contributed by atoms with E-state index in [1.54, 1.807) is 0 Å². The lowest BCUT2D eigenvalue weighted by atomic mass is 10.1. The van der Waals surface area contributed by atoms with Crippen LogP contribution < -0.4 is 5.32 Å². The summed E-state index contributed by atoms with van der Waals surface area (Å²) in [6, 6.07) is -2.00. The summed E-state index contributed by atoms with van der Waals surface area (Å²) in [4.78, 5) is 23.1. The van der Waals surface area contributed by atoms with Crippen molar-refractivity contribution in [2.45, 2.75) is 25.5 Å². The van der Waals surface area contributed by atoms with Crippen LogP contribution in [0.15, 0.2) is 0 Å². The Morgan fingerprint density at radius 2 is 1.94 bits per heavy atom. The summed E-state index contributed by atoms with van der Waals surface area (Å²) in [6.07, 6.45) is 0. The van der Waals surface area contributed by atoms with Gasteiger partial charge in [-0.2, -0.15) is 0 Å². The smallest absolute Gasteiger partial charge is 0.328 e. The molecule has 1 atom stereocenters. The van der Waals surface area contributed by atoms with E-state index in [1.807, 2.05) is 0 Å². The first kappa shape index (κ1) is 14.7. The predicted octanol–water partition coefficient (Wildman–Crippen LogP) is -1.16. The molecule has 0 aliphatic rings. The standard InChI is InChI=1S/C9H18N2O5/c1-9(2,16)5-11(3)8(15)10-6(4-12)7(13)14/h6,12,16H,4-5H2,1-3H3,(H,10,15)(H,13,14)/t6-/m1/s1. The summed E-state index contributed by atoms with van der Waals surface area (Å²) >= 11 is 0. The van der Waals surface area contributed by atoms with Crippen LogP contribution >= 0.6 is 0 Å². The van der Waals surface area contributed by atoms with Gasteiger partial charge in [-0.15, -0.1) is 0 Å². The Kier molecular flexibility index (Phi) is 5.19. The summed E-state index contributed by atoms with van der Waals surface area (Å²) in [6.45, 7) is 2.42. The van der Waals surface area contributed by atoms with Crippen molar-refractivity contribution in [2.75, 3.05) is 20.2 Å². The van der Waals surface area contributed by atoms with Crippen molar-refractivity contribution in [2.24, 2.45) is 0 Å². The van der Waals surface area contributed by atoms with Gasteiger partial charge in [0.2, 0.25) is 0 Å². The second-order valence-electron chi connectivity index (χ2n) is 4.19. The van der Waals surface area contributed by atoms with E-state index in [9.17, 15) is 14.7 Å². The number of hydrogen-bond acceptors (Lipinski definition) is 4. The van der Waals surface area contributed by atoms with E-state index in [0.717, 1.165) is 4.90 Å². The molecule has 0 spiro atoms. The maximum Gasteiger partial charge on any atom is 0.328 e. The Bertz CT molecular complexity index is 261. The second-order valence-corrected chi connectivity index (χ2v) is 4.19. The van der Waals surface area contributed by atoms with Crippen LogP contribution in [0.25, 0.3) is 0 Å². The Labute approximate surface area is 93.7 Å². The highest BCUT2D eigenvalue weighted by Crippen LogP contribution is 2.03. The van der Waals surface area contributed by atoms with Crippen LogP contribution in [-0.4, -0.2) is 64.1 Å². The Morgan fingerprint density at radius 1 is 1.44 bits per heavy atom. The molecule has 2 amide bonds. The molecule has 0 unspecified atom stereocenters. The third kappa shape index (κ3) is 5.52. The maximum absolute atomic E-state index is 11.4. The van der Waals surface area contributed by atoms with Crippen LogP contribution in [0, 0.1) is 0 Å². The normalized spacial score (nSPS) is 13.1. The van der Waals surface area contributed by atoms with Crippen LogP contribution in [0.4, 0.5) is 4.79 Å². The Hall–Kier alpha value is -1.34. The average molecular weight is 234 g/mol. The van der Waals surface area contributed by atoms with E-state index in [-0.39, 0.29) is 6.54 Å². The predicted molar refractivity (Wildman–Crippen MR) is 56.0 cm³/mol. The number of hydrogen-bond donors (Lipinski definition) is 4. The molecule has 0 rings (SSSR count). The summed E-state index contributed by atoms with van der Waals surface area (Å²) in [5.74, 6) is -1.31. The fraction of sp³-hybridized carbons (Fsp3) is 0.778. The maximum atomic E-state index is 11.4. The van der Waals surface area contributed by atoms with Crippen LogP contribution in [0.3, 0.4) is 0 Å². The number of nitrogens with zero attached hydrogens (tertiary/aromatic N) is 1. The molecular weight excluding hydrogens is 216 g/mol. The van der Waals surface area contributed by atoms with E-state index in [4.69, 9.17) is 10.2 Å². The summed E-state index contributed by atoms with van der Waals surface area (Å²) < 4.78 is 0. The summed E-state index contributed by atoms with van der Waals surface area (Å²) in [5, 5.41) is 28.9. The number of nitrogens with one attached hydrogen (secondary N) is 1. The average Bonchev–Trinajstić information content (AvgIpc) is 2.10. The number of amides is 2. The van der Waals surface area contributed by atoms with Crippen molar-refractivity contribution in [3.63, 3.8) is 0 Å². The summed E-state index contributed by atoms with van der Waals surface area (Å²) in [7, 11) is 1.42. The fourth-order valence-electron chi connectivity index (χ4n) is 1.10. The van der Waals surface area contributed by atoms with Gasteiger partial charge in [-0.05, 0) is 13.8 Å². The number of urea groups is 1. The zero-order valence-corrected chi connectivity index (χ0v) is 9.60. The lowest BCUT2D eigenvalue weighted by molar-refractivity contribution is -0.140. The first-order valence-corrected chi connectivity index (χ1v) is 4.75. The minimum Gasteiger partial charge on any atom is -0.480 e. The molecule has 0 aromatic carbocycles. The molecule has 16 heavy (non-hydrogen) atoms. The molecule has 0 saturated heterocycles. The molecule has 0 saturated carbocycles. The van der Waals surface area contributed by atoms with Crippen LogP contribution in [0.1, 0.15) is 13.8 Å². The molecule has 94 valence electrons. The third-order valence-electron chi connectivity index (χ3n) is 1.75. The highest BCUT2D eigenvalue weighted by atomic mass is 16.4. The zero-order valence-electron chi connectivity index (χ0n) is 9.60. The number of carbonyl (C=O) groups is 2. The molecule has 7 heteroatoms. The molecule has 0 bridgehead atoms. The fourth-order valence-corrected chi connectivity index (χ4v) is 1.10. The third-order valence-corrected chi connectivity index (χ3v) is 1.75. The van der Waals surface area contributed by atoms with Gasteiger partial charge in [0.25, 0.3) is 0 Å². The second kappa shape index (κ2) is 5.66. The van der Waals surface area contributed by atoms with Gasteiger partial charge in [0.05, 0.1) is 18.8 Å². The number of aliphatic hydroxyl groups excluding tert-OH is 1. The molecule has 0 aromatic rings. The first-order chi connectivity index (χ1) is 7.17. The van der Waals surface area contributed by atoms with Crippen molar-refractivity contribution in [3.8, 4) is 0 Å². The molecule has 7 nitrogen and oxygen atoms in total. The topological polar surface area (TPSA) is 110 Å². The van der Waals surface area contributed by atoms with E-state index in [0.29, 0.717) is 0 Å². The van der Waals surface area contributed by atoms with E-state index in [2.05, 4.69) is 5.32 Å². The molecule has 0 aliphatic carbocycles. The minimum absolute atomic E-state index is 0.0522. The lowest BCUT2D eigenvalue weighted by Gasteiger charge is -2.26. The van der Waals surface area contributed by atoms with Gasteiger partial charge in [0.15, 0.2) is 6.04 Å². The molecular formula is C9H18N2O5. The highest BCUT2D eigenvalue weighted by Gasteiger charge is 2.23. The monoisotopic (exact) mass is 234 g/mol. The van der Waals surface area contributed by atoms with E-state index >= 15 is 0 Å². The van der Waals surface area contributed by atoms with Gasteiger partial charge in [-0.1, -0.05) is 0 Å². The van der Waals surface area contributed by atoms with Gasteiger partial charge in [-0.25, -0.2) is 9.59 Å². The molecule has 0 radical (unpaired) electrons. The van der Waals surface area contributed by atoms with E-state index < -0.39 is 30.3 Å². The number of rotatable bonds is 5. The van der Waals surface area contributed by atoms with Gasteiger partial charge in [0.1, 0.15) is 0 Å². The van der Waals surface area contributed by atoms with Gasteiger partial charge in [-0.3, -0.25) is 0 Å². The SMILES string of the molecule is CN(CC(C)(C)O)C(=O)N[C@H](CO)C(=O)O. The molecule has 0 aliphatic heterocycles. The van der Waals surface area contributed by atoms with Gasteiger partial charge < -0.3 is 25.5 Å². The number of aliphatic hydroxyl groups is 2. The van der Waals surface area contributed by atoms with Crippen LogP contribution in [-0.2, 0) is 4.79 Å². The van der Waals surface area contributed by atoms with Crippen molar-refractivity contribution < 1.29 is 24.9 Å². The molecule has 0 fully saturated rings. The number of carbonyl (C=O) groups excluding carboxylic acids is 1. The number of likely N-dealkylation sites (N-methyl/N-ethyl adjacent to an activating group) is 1. The number of aliphatic carboxylic acids is 1. The summed E-state index contributed by atoms with van der Waals surface area (Å²) in [5.41, 5.74) is -1.07. The zero-order chi connectivity index (χ0) is 12.9. The largest absolute Gasteiger partial charge is 0.480 e. The number of carboxylic acid groups (broad SMARTS) is 1. The minimum atomic E-state index is -1.34. The van der Waals surface area contributed by atoms with Crippen molar-refractivity contribution in [1.29, 1.82) is 0 Å². The van der Waals surface area contributed by atoms with Crippen molar-refractivity contribution in [3.05, 3.63) is 0 Å². The van der Waals surface area contributed by atoms with Crippen molar-refractivity contribution in [1.82, 2.24) is 10.2 Å². The number of carboxylic acids is 1. The quantitative estimate of drug-likeness (QED) is 0.480. The lowest BCUT2D eigenvalue weighted by Crippen LogP contribution is -2.51. The molecule has 0 aromatic heterocycles. The van der Waals surface area contributed by atoms with Crippen LogP contribution in [0.2, 0.25) is 0 Å². The Morgan fingerprint density at radius 3 is 2.25 bits per heavy atom. The van der Waals surface area contributed by atoms with E-state index in [1.165, 1.54) is 20.9 Å². The molecule has 0 heterocycles. The van der Waals surface area contributed by atoms with Crippen LogP contribution in [0.5, 0.6) is 0 Å². The van der Waals surface area contributed by atoms with Crippen molar-refractivity contribution >= 4 is 12.0 Å². The molecule has 4 N–H and O–H groups in total. The Balaban J connectivity index is 4.29. The first-order valence-electron chi connectivity index (χ1n) is 4.75. The van der Waals surface area contributed by atoms with Gasteiger partial charge in [0, 0.05) is 7.05 Å².